The Labute approximate surface area is 135 Å². The zero-order chi connectivity index (χ0) is 16.1. The lowest BCUT2D eigenvalue weighted by Gasteiger charge is -2.08. The second-order valence-electron chi connectivity index (χ2n) is 4.53. The number of aromatic nitrogens is 4. The van der Waals surface area contributed by atoms with Gasteiger partial charge in [0.25, 0.3) is 0 Å². The molecule has 3 rings (SSSR count). The summed E-state index contributed by atoms with van der Waals surface area (Å²) in [7, 11) is 0. The second kappa shape index (κ2) is 6.75. The smallest absolute Gasteiger partial charge is 0.320 e. The number of nitrogens with one attached hydrogen (secondary N) is 4. The Morgan fingerprint density at radius 2 is 2.13 bits per heavy atom. The van der Waals surface area contributed by atoms with E-state index < -0.39 is 6.03 Å². The van der Waals surface area contributed by atoms with Gasteiger partial charge in [-0.25, -0.2) is 4.79 Å². The van der Waals surface area contributed by atoms with Gasteiger partial charge < -0.3 is 16.4 Å². The number of pyridine rings is 1. The van der Waals surface area contributed by atoms with Crippen LogP contribution in [0.2, 0.25) is 0 Å². The summed E-state index contributed by atoms with van der Waals surface area (Å²) in [6.45, 7) is 0.378. The van der Waals surface area contributed by atoms with Crippen molar-refractivity contribution in [3.63, 3.8) is 0 Å². The van der Waals surface area contributed by atoms with Crippen LogP contribution in [0.25, 0.3) is 0 Å². The number of urea groups is 1. The lowest BCUT2D eigenvalue weighted by Crippen LogP contribution is -2.28. The molecule has 0 saturated heterocycles. The minimum Gasteiger partial charge on any atom is -0.382 e. The molecule has 0 aliphatic rings. The molecule has 0 unspecified atom stereocenters. The Hall–Kier alpha value is -3.14. The summed E-state index contributed by atoms with van der Waals surface area (Å²) < 4.78 is 4.13. The molecule has 0 atom stereocenters. The minimum atomic E-state index is -0.394. The summed E-state index contributed by atoms with van der Waals surface area (Å²) in [4.78, 5) is 15.9. The molecule has 0 aliphatic carbocycles. The van der Waals surface area contributed by atoms with E-state index in [0.717, 1.165) is 5.56 Å². The van der Waals surface area contributed by atoms with Gasteiger partial charge in [-0.3, -0.25) is 15.4 Å². The van der Waals surface area contributed by atoms with E-state index in [1.165, 1.54) is 11.5 Å². The first-order chi connectivity index (χ1) is 11.2. The van der Waals surface area contributed by atoms with Gasteiger partial charge in [-0.2, -0.15) is 9.47 Å². The number of aromatic amines is 1. The largest absolute Gasteiger partial charge is 0.382 e. The van der Waals surface area contributed by atoms with Crippen molar-refractivity contribution >= 4 is 40.7 Å². The molecule has 0 radical (unpaired) electrons. The van der Waals surface area contributed by atoms with Crippen LogP contribution in [-0.2, 0) is 6.54 Å². The van der Waals surface area contributed by atoms with E-state index >= 15 is 0 Å². The number of nitrogen functional groups attached to an aromatic ring is 1. The summed E-state index contributed by atoms with van der Waals surface area (Å²) in [6, 6.07) is 5.05. The first-order valence-corrected chi connectivity index (χ1v) is 7.51. The van der Waals surface area contributed by atoms with Crippen molar-refractivity contribution in [2.45, 2.75) is 6.54 Å². The number of hydrogen-bond acceptors (Lipinski definition) is 7. The molecular formula is C13H14N8OS. The van der Waals surface area contributed by atoms with Crippen LogP contribution in [0.15, 0.2) is 36.0 Å². The highest BCUT2D eigenvalue weighted by Crippen LogP contribution is 2.28. The predicted octanol–water partition coefficient (Wildman–Crippen LogP) is 1.91. The highest BCUT2D eigenvalue weighted by Gasteiger charge is 2.14. The molecule has 3 heterocycles. The maximum atomic E-state index is 12.0. The number of hydrogen-bond donors (Lipinski definition) is 5. The number of H-pyrrole nitrogens is 1. The molecule has 2 amide bonds. The third kappa shape index (κ3) is 3.74. The normalized spacial score (nSPS) is 10.3. The standard InChI is InChI=1S/C13H14N8OS/c14-11-10(17-9-3-6-23-21-9)12(20-19-11)18-13(22)16-7-8-1-4-15-5-2-8/h1-6H,7H2,(H,17,21)(H5,14,16,18,19,20,22). The van der Waals surface area contributed by atoms with Crippen molar-refractivity contribution in [1.29, 1.82) is 0 Å². The highest BCUT2D eigenvalue weighted by atomic mass is 32.1. The molecule has 3 aromatic heterocycles. The van der Waals surface area contributed by atoms with E-state index in [1.807, 2.05) is 17.5 Å². The van der Waals surface area contributed by atoms with Crippen molar-refractivity contribution < 1.29 is 4.79 Å². The van der Waals surface area contributed by atoms with Gasteiger partial charge in [0.2, 0.25) is 0 Å². The number of rotatable bonds is 5. The van der Waals surface area contributed by atoms with Crippen LogP contribution >= 0.6 is 11.5 Å². The Balaban J connectivity index is 1.62. The molecule has 10 heteroatoms. The lowest BCUT2D eigenvalue weighted by atomic mass is 10.3. The van der Waals surface area contributed by atoms with Crippen molar-refractivity contribution in [2.24, 2.45) is 0 Å². The molecule has 9 nitrogen and oxygen atoms in total. The molecule has 0 fully saturated rings. The predicted molar refractivity (Wildman–Crippen MR) is 88.5 cm³/mol. The summed E-state index contributed by atoms with van der Waals surface area (Å²) in [5.74, 6) is 1.23. The monoisotopic (exact) mass is 330 g/mol. The molecular weight excluding hydrogens is 316 g/mol. The Kier molecular flexibility index (Phi) is 4.34. The molecule has 23 heavy (non-hydrogen) atoms. The lowest BCUT2D eigenvalue weighted by molar-refractivity contribution is 0.251. The first kappa shape index (κ1) is 14.8. The minimum absolute atomic E-state index is 0.294. The van der Waals surface area contributed by atoms with Crippen LogP contribution in [0, 0.1) is 0 Å². The van der Waals surface area contributed by atoms with Crippen LogP contribution in [0.4, 0.5) is 27.9 Å². The van der Waals surface area contributed by atoms with E-state index in [1.54, 1.807) is 18.5 Å². The SMILES string of the molecule is Nc1[nH]nc(NC(=O)NCc2ccncc2)c1Nc1ccsn1. The maximum Gasteiger partial charge on any atom is 0.320 e. The third-order valence-corrected chi connectivity index (χ3v) is 3.48. The number of nitrogens with two attached hydrogens (primary N) is 1. The molecule has 118 valence electrons. The quantitative estimate of drug-likeness (QED) is 0.485. The first-order valence-electron chi connectivity index (χ1n) is 6.67. The average molecular weight is 330 g/mol. The van der Waals surface area contributed by atoms with Crippen LogP contribution in [0.1, 0.15) is 5.56 Å². The van der Waals surface area contributed by atoms with Gasteiger partial charge in [-0.15, -0.1) is 0 Å². The topological polar surface area (TPSA) is 134 Å². The summed E-state index contributed by atoms with van der Waals surface area (Å²) >= 11 is 1.30. The summed E-state index contributed by atoms with van der Waals surface area (Å²) in [5.41, 5.74) is 7.22. The van der Waals surface area contributed by atoms with Gasteiger partial charge in [0.15, 0.2) is 5.82 Å². The number of carbonyl (C=O) groups is 1. The maximum absolute atomic E-state index is 12.0. The Bertz CT molecular complexity index is 771. The van der Waals surface area contributed by atoms with Crippen molar-refractivity contribution in [3.05, 3.63) is 41.5 Å². The molecule has 0 saturated carbocycles. The van der Waals surface area contributed by atoms with Crippen molar-refractivity contribution in [3.8, 4) is 0 Å². The van der Waals surface area contributed by atoms with Crippen LogP contribution in [-0.4, -0.2) is 25.6 Å². The van der Waals surface area contributed by atoms with Crippen molar-refractivity contribution in [2.75, 3.05) is 16.4 Å². The van der Waals surface area contributed by atoms with Gasteiger partial charge in [-0.1, -0.05) is 0 Å². The Morgan fingerprint density at radius 1 is 1.30 bits per heavy atom. The molecule has 3 aromatic rings. The highest BCUT2D eigenvalue weighted by molar-refractivity contribution is 7.03. The second-order valence-corrected chi connectivity index (χ2v) is 5.20. The zero-order valence-electron chi connectivity index (χ0n) is 11.9. The van der Waals surface area contributed by atoms with Gasteiger partial charge in [0.1, 0.15) is 17.3 Å². The number of anilines is 4. The average Bonchev–Trinajstić information content (AvgIpc) is 3.19. The van der Waals surface area contributed by atoms with Gasteiger partial charge in [0, 0.05) is 24.3 Å². The van der Waals surface area contributed by atoms with Crippen molar-refractivity contribution in [1.82, 2.24) is 24.9 Å². The van der Waals surface area contributed by atoms with Gasteiger partial charge in [-0.05, 0) is 35.3 Å². The molecule has 0 spiro atoms. The van der Waals surface area contributed by atoms with E-state index in [-0.39, 0.29) is 0 Å². The number of nitrogens with zero attached hydrogens (tertiary/aromatic N) is 3. The fourth-order valence-corrected chi connectivity index (χ4v) is 2.28. The zero-order valence-corrected chi connectivity index (χ0v) is 12.7. The molecule has 0 aromatic carbocycles. The number of amides is 2. The van der Waals surface area contributed by atoms with Crippen LogP contribution in [0.3, 0.4) is 0 Å². The van der Waals surface area contributed by atoms with Crippen LogP contribution in [0.5, 0.6) is 0 Å². The van der Waals surface area contributed by atoms with E-state index in [4.69, 9.17) is 5.73 Å². The fourth-order valence-electron chi connectivity index (χ4n) is 1.81. The third-order valence-electron chi connectivity index (χ3n) is 2.92. The van der Waals surface area contributed by atoms with E-state index in [9.17, 15) is 4.79 Å². The van der Waals surface area contributed by atoms with Gasteiger partial charge >= 0.3 is 6.03 Å². The number of carbonyl (C=O) groups excluding carboxylic acids is 1. The molecule has 6 N–H and O–H groups in total. The summed E-state index contributed by atoms with van der Waals surface area (Å²) in [6.07, 6.45) is 3.33. The molecule has 0 aliphatic heterocycles. The summed E-state index contributed by atoms with van der Waals surface area (Å²) in [5, 5.41) is 16.8. The molecule has 0 bridgehead atoms. The van der Waals surface area contributed by atoms with E-state index in [2.05, 4.69) is 35.5 Å². The van der Waals surface area contributed by atoms with Gasteiger partial charge in [0.05, 0.1) is 0 Å². The Morgan fingerprint density at radius 3 is 2.87 bits per heavy atom. The van der Waals surface area contributed by atoms with Crippen LogP contribution < -0.4 is 21.7 Å². The fraction of sp³-hybridized carbons (Fsp3) is 0.0769. The van der Waals surface area contributed by atoms with E-state index in [0.29, 0.717) is 29.7 Å².